The SMILES string of the molecule is CC(C)c1nc2c(CCC(=O)O)cc(-c3ccc(OC(F)(F)F)cc3)cc2[nH]c1=O. The molecule has 158 valence electrons. The van der Waals surface area contributed by atoms with Crippen LogP contribution in [0.5, 0.6) is 5.75 Å². The number of carbonyl (C=O) groups is 1. The minimum Gasteiger partial charge on any atom is -0.481 e. The van der Waals surface area contributed by atoms with Crippen molar-refractivity contribution in [2.24, 2.45) is 0 Å². The maximum Gasteiger partial charge on any atom is 0.573 e. The molecule has 0 saturated heterocycles. The number of ether oxygens (including phenoxy) is 1. The summed E-state index contributed by atoms with van der Waals surface area (Å²) in [6.07, 6.45) is -4.73. The first kappa shape index (κ1) is 21.4. The van der Waals surface area contributed by atoms with Crippen molar-refractivity contribution < 1.29 is 27.8 Å². The summed E-state index contributed by atoms with van der Waals surface area (Å²) in [5.41, 5.74) is 2.75. The molecule has 0 bridgehead atoms. The number of hydrogen-bond donors (Lipinski definition) is 2. The van der Waals surface area contributed by atoms with Crippen molar-refractivity contribution in [2.75, 3.05) is 0 Å². The van der Waals surface area contributed by atoms with E-state index in [2.05, 4.69) is 14.7 Å². The van der Waals surface area contributed by atoms with Crippen LogP contribution in [0.4, 0.5) is 13.2 Å². The van der Waals surface area contributed by atoms with Crippen molar-refractivity contribution in [3.8, 4) is 16.9 Å². The number of rotatable bonds is 6. The van der Waals surface area contributed by atoms with Gasteiger partial charge in [-0.2, -0.15) is 0 Å². The van der Waals surface area contributed by atoms with Gasteiger partial charge in [0.05, 0.1) is 11.0 Å². The highest BCUT2D eigenvalue weighted by Crippen LogP contribution is 2.30. The number of hydrogen-bond acceptors (Lipinski definition) is 4. The van der Waals surface area contributed by atoms with Gasteiger partial charge < -0.3 is 14.8 Å². The molecule has 9 heteroatoms. The van der Waals surface area contributed by atoms with E-state index in [0.29, 0.717) is 33.4 Å². The van der Waals surface area contributed by atoms with Crippen LogP contribution in [0.1, 0.15) is 37.4 Å². The summed E-state index contributed by atoms with van der Waals surface area (Å²) in [5, 5.41) is 9.06. The number of halogens is 3. The Morgan fingerprint density at radius 1 is 1.17 bits per heavy atom. The van der Waals surface area contributed by atoms with E-state index < -0.39 is 12.3 Å². The molecule has 0 atom stereocenters. The number of aliphatic carboxylic acids is 1. The molecule has 0 fully saturated rings. The van der Waals surface area contributed by atoms with Gasteiger partial charge >= 0.3 is 12.3 Å². The van der Waals surface area contributed by atoms with E-state index in [1.165, 1.54) is 24.3 Å². The lowest BCUT2D eigenvalue weighted by Gasteiger charge is -2.13. The molecular formula is C21H19F3N2O4. The van der Waals surface area contributed by atoms with Crippen LogP contribution in [-0.2, 0) is 11.2 Å². The van der Waals surface area contributed by atoms with E-state index in [0.717, 1.165) is 0 Å². The molecule has 6 nitrogen and oxygen atoms in total. The lowest BCUT2D eigenvalue weighted by Crippen LogP contribution is -2.17. The third-order valence-electron chi connectivity index (χ3n) is 4.48. The number of benzene rings is 2. The molecule has 0 radical (unpaired) electrons. The van der Waals surface area contributed by atoms with Crippen LogP contribution in [-0.4, -0.2) is 27.4 Å². The number of fused-ring (bicyclic) bond motifs is 1. The van der Waals surface area contributed by atoms with Crippen LogP contribution < -0.4 is 10.3 Å². The normalized spacial score (nSPS) is 11.8. The fourth-order valence-electron chi connectivity index (χ4n) is 3.12. The summed E-state index contributed by atoms with van der Waals surface area (Å²) in [5.74, 6) is -1.45. The summed E-state index contributed by atoms with van der Waals surface area (Å²) in [6.45, 7) is 3.67. The average molecular weight is 420 g/mol. The van der Waals surface area contributed by atoms with Crippen LogP contribution in [0, 0.1) is 0 Å². The van der Waals surface area contributed by atoms with Crippen molar-refractivity contribution in [1.29, 1.82) is 0 Å². The third-order valence-corrected chi connectivity index (χ3v) is 4.48. The van der Waals surface area contributed by atoms with Gasteiger partial charge in [0.25, 0.3) is 5.56 Å². The van der Waals surface area contributed by atoms with Gasteiger partial charge in [-0.3, -0.25) is 9.59 Å². The quantitative estimate of drug-likeness (QED) is 0.607. The van der Waals surface area contributed by atoms with Crippen LogP contribution in [0.2, 0.25) is 0 Å². The van der Waals surface area contributed by atoms with Gasteiger partial charge in [0.15, 0.2) is 0 Å². The Morgan fingerprint density at radius 3 is 2.40 bits per heavy atom. The first-order valence-electron chi connectivity index (χ1n) is 9.18. The topological polar surface area (TPSA) is 92.3 Å². The first-order valence-corrected chi connectivity index (χ1v) is 9.18. The molecule has 2 aromatic carbocycles. The monoisotopic (exact) mass is 420 g/mol. The van der Waals surface area contributed by atoms with Gasteiger partial charge in [0, 0.05) is 12.3 Å². The Bertz CT molecular complexity index is 1140. The molecule has 3 aromatic rings. The number of aryl methyl sites for hydroxylation is 1. The van der Waals surface area contributed by atoms with Gasteiger partial charge in [-0.25, -0.2) is 4.98 Å². The van der Waals surface area contributed by atoms with Gasteiger partial charge in [0.1, 0.15) is 11.4 Å². The fourth-order valence-corrected chi connectivity index (χ4v) is 3.12. The molecule has 1 aromatic heterocycles. The van der Waals surface area contributed by atoms with Crippen LogP contribution in [0.15, 0.2) is 41.2 Å². The highest BCUT2D eigenvalue weighted by Gasteiger charge is 2.31. The lowest BCUT2D eigenvalue weighted by atomic mass is 9.98. The Hall–Kier alpha value is -3.36. The second-order valence-electron chi connectivity index (χ2n) is 7.10. The average Bonchev–Trinajstić information content (AvgIpc) is 2.64. The number of nitrogens with one attached hydrogen (secondary N) is 1. The number of aromatic nitrogens is 2. The summed E-state index contributed by atoms with van der Waals surface area (Å²) >= 11 is 0. The second-order valence-corrected chi connectivity index (χ2v) is 7.10. The molecule has 0 aliphatic carbocycles. The molecule has 0 unspecified atom stereocenters. The molecule has 0 aliphatic rings. The summed E-state index contributed by atoms with van der Waals surface area (Å²) < 4.78 is 41.0. The number of carboxylic acid groups (broad SMARTS) is 1. The number of H-pyrrole nitrogens is 1. The molecule has 3 rings (SSSR count). The number of alkyl halides is 3. The maximum atomic E-state index is 12.4. The standard InChI is InChI=1S/C21H19F3N2O4/c1-11(2)18-20(29)25-16-10-14(9-13(19(16)26-18)5-8-17(27)28)12-3-6-15(7-4-12)30-21(22,23)24/h3-4,6-7,9-11H,5,8H2,1-2H3,(H,25,29)(H,27,28). The molecular weight excluding hydrogens is 401 g/mol. The molecule has 0 spiro atoms. The van der Waals surface area contributed by atoms with Crippen LogP contribution in [0.25, 0.3) is 22.2 Å². The zero-order valence-corrected chi connectivity index (χ0v) is 16.2. The van der Waals surface area contributed by atoms with E-state index in [4.69, 9.17) is 5.11 Å². The number of nitrogens with zero attached hydrogens (tertiary/aromatic N) is 1. The van der Waals surface area contributed by atoms with E-state index in [1.807, 2.05) is 13.8 Å². The van der Waals surface area contributed by atoms with Gasteiger partial charge in [0.2, 0.25) is 0 Å². The van der Waals surface area contributed by atoms with Crippen molar-refractivity contribution >= 4 is 17.0 Å². The van der Waals surface area contributed by atoms with E-state index >= 15 is 0 Å². The lowest BCUT2D eigenvalue weighted by molar-refractivity contribution is -0.274. The number of carboxylic acids is 1. The largest absolute Gasteiger partial charge is 0.573 e. The fraction of sp³-hybridized carbons (Fsp3) is 0.286. The highest BCUT2D eigenvalue weighted by molar-refractivity contribution is 5.85. The van der Waals surface area contributed by atoms with Crippen LogP contribution >= 0.6 is 0 Å². The van der Waals surface area contributed by atoms with Crippen molar-refractivity contribution in [3.05, 3.63) is 58.0 Å². The number of aromatic amines is 1. The Balaban J connectivity index is 2.10. The van der Waals surface area contributed by atoms with E-state index in [-0.39, 0.29) is 30.1 Å². The van der Waals surface area contributed by atoms with Gasteiger partial charge in [-0.1, -0.05) is 26.0 Å². The first-order chi connectivity index (χ1) is 14.0. The predicted molar refractivity (Wildman–Crippen MR) is 105 cm³/mol. The van der Waals surface area contributed by atoms with Gasteiger partial charge in [-0.15, -0.1) is 13.2 Å². The maximum absolute atomic E-state index is 12.4. The Labute approximate surface area is 169 Å². The second kappa shape index (κ2) is 8.17. The molecule has 2 N–H and O–H groups in total. The third kappa shape index (κ3) is 4.97. The highest BCUT2D eigenvalue weighted by atomic mass is 19.4. The van der Waals surface area contributed by atoms with Crippen molar-refractivity contribution in [3.63, 3.8) is 0 Å². The van der Waals surface area contributed by atoms with E-state index in [1.54, 1.807) is 12.1 Å². The van der Waals surface area contributed by atoms with Crippen molar-refractivity contribution in [2.45, 2.75) is 39.0 Å². The predicted octanol–water partition coefficient (Wildman–Crippen LogP) is 4.63. The summed E-state index contributed by atoms with van der Waals surface area (Å²) in [4.78, 5) is 30.6. The van der Waals surface area contributed by atoms with E-state index in [9.17, 15) is 22.8 Å². The smallest absolute Gasteiger partial charge is 0.481 e. The molecule has 0 amide bonds. The van der Waals surface area contributed by atoms with Crippen LogP contribution in [0.3, 0.4) is 0 Å². The van der Waals surface area contributed by atoms with Crippen molar-refractivity contribution in [1.82, 2.24) is 9.97 Å². The molecule has 0 saturated carbocycles. The zero-order chi connectivity index (χ0) is 22.1. The minimum absolute atomic E-state index is 0.119. The summed E-state index contributed by atoms with van der Waals surface area (Å²) in [7, 11) is 0. The van der Waals surface area contributed by atoms with Gasteiger partial charge in [-0.05, 0) is 47.4 Å². The minimum atomic E-state index is -4.78. The molecule has 1 heterocycles. The zero-order valence-electron chi connectivity index (χ0n) is 16.2. The summed E-state index contributed by atoms with van der Waals surface area (Å²) in [6, 6.07) is 8.69. The Kier molecular flexibility index (Phi) is 5.82. The molecule has 0 aliphatic heterocycles. The Morgan fingerprint density at radius 2 is 1.83 bits per heavy atom. The molecule has 30 heavy (non-hydrogen) atoms.